The van der Waals surface area contributed by atoms with Gasteiger partial charge in [0.2, 0.25) is 5.91 Å². The minimum atomic E-state index is 0.119. The van der Waals surface area contributed by atoms with Crippen LogP contribution in [0.3, 0.4) is 0 Å². The van der Waals surface area contributed by atoms with E-state index in [1.165, 1.54) is 0 Å². The lowest BCUT2D eigenvalue weighted by atomic mass is 9.95. The first kappa shape index (κ1) is 16.9. The molecule has 1 unspecified atom stereocenters. The Bertz CT molecular complexity index is 648. The molecule has 128 valence electrons. The van der Waals surface area contributed by atoms with Crippen LogP contribution < -0.4 is 10.2 Å². The summed E-state index contributed by atoms with van der Waals surface area (Å²) < 4.78 is 0. The van der Waals surface area contributed by atoms with Crippen LogP contribution in [0.15, 0.2) is 29.6 Å². The summed E-state index contributed by atoms with van der Waals surface area (Å²) in [6.07, 6.45) is 2.71. The molecule has 2 aromatic heterocycles. The quantitative estimate of drug-likeness (QED) is 0.904. The van der Waals surface area contributed by atoms with Gasteiger partial charge in [-0.25, -0.2) is 0 Å². The van der Waals surface area contributed by atoms with Crippen LogP contribution >= 0.6 is 11.3 Å². The van der Waals surface area contributed by atoms with E-state index < -0.39 is 0 Å². The van der Waals surface area contributed by atoms with E-state index in [1.807, 2.05) is 23.6 Å². The lowest BCUT2D eigenvalue weighted by Gasteiger charge is -2.32. The number of amides is 1. The van der Waals surface area contributed by atoms with Crippen LogP contribution in [0.25, 0.3) is 10.6 Å². The molecule has 3 heterocycles. The van der Waals surface area contributed by atoms with Crippen molar-refractivity contribution in [3.8, 4) is 10.6 Å². The number of hydrogen-bond donors (Lipinski definition) is 1. The number of rotatable bonds is 5. The van der Waals surface area contributed by atoms with Gasteiger partial charge in [0.15, 0.2) is 5.82 Å². The summed E-state index contributed by atoms with van der Waals surface area (Å²) in [5, 5.41) is 13.8. The zero-order valence-corrected chi connectivity index (χ0v) is 15.1. The number of hydrogen-bond acceptors (Lipinski definition) is 5. The monoisotopic (exact) mass is 344 g/mol. The largest absolute Gasteiger partial charge is 0.355 e. The standard InChI is InChI=1S/C18H24N4OS/c1-3-13(2)19-18(23)14-8-10-22(11-9-14)17-7-6-15(20-21-17)16-5-4-12-24-16/h4-7,12-14H,3,8-11H2,1-2H3,(H,19,23). The molecule has 1 atom stereocenters. The fourth-order valence-electron chi connectivity index (χ4n) is 2.88. The summed E-state index contributed by atoms with van der Waals surface area (Å²) >= 11 is 1.67. The average molecular weight is 344 g/mol. The van der Waals surface area contributed by atoms with Crippen molar-refractivity contribution in [2.24, 2.45) is 5.92 Å². The van der Waals surface area contributed by atoms with Crippen molar-refractivity contribution in [2.45, 2.75) is 39.2 Å². The highest BCUT2D eigenvalue weighted by atomic mass is 32.1. The molecule has 1 fully saturated rings. The van der Waals surface area contributed by atoms with Gasteiger partial charge in [0.05, 0.1) is 4.88 Å². The third-order valence-corrected chi connectivity index (χ3v) is 5.51. The number of thiophene rings is 1. The molecule has 1 aliphatic rings. The molecule has 1 aliphatic heterocycles. The molecule has 0 saturated carbocycles. The van der Waals surface area contributed by atoms with Gasteiger partial charge in [-0.1, -0.05) is 13.0 Å². The van der Waals surface area contributed by atoms with E-state index in [4.69, 9.17) is 0 Å². The first-order chi connectivity index (χ1) is 11.7. The third-order valence-electron chi connectivity index (χ3n) is 4.61. The second kappa shape index (κ2) is 7.75. The highest BCUT2D eigenvalue weighted by Crippen LogP contribution is 2.25. The van der Waals surface area contributed by atoms with E-state index in [0.717, 1.165) is 48.7 Å². The normalized spacial score (nSPS) is 16.8. The van der Waals surface area contributed by atoms with Crippen molar-refractivity contribution >= 4 is 23.1 Å². The topological polar surface area (TPSA) is 58.1 Å². The highest BCUT2D eigenvalue weighted by molar-refractivity contribution is 7.13. The molecule has 3 rings (SSSR count). The van der Waals surface area contributed by atoms with Gasteiger partial charge in [-0.15, -0.1) is 21.5 Å². The Hall–Kier alpha value is -1.95. The van der Waals surface area contributed by atoms with Crippen LogP contribution in [0.5, 0.6) is 0 Å². The first-order valence-corrected chi connectivity index (χ1v) is 9.48. The van der Waals surface area contributed by atoms with Gasteiger partial charge in [0.25, 0.3) is 0 Å². The van der Waals surface area contributed by atoms with Gasteiger partial charge in [-0.05, 0) is 49.8 Å². The Morgan fingerprint density at radius 3 is 2.71 bits per heavy atom. The zero-order chi connectivity index (χ0) is 16.9. The second-order valence-corrected chi connectivity index (χ2v) is 7.28. The van der Waals surface area contributed by atoms with Crippen molar-refractivity contribution < 1.29 is 4.79 Å². The number of piperidine rings is 1. The Morgan fingerprint density at radius 2 is 2.12 bits per heavy atom. The summed E-state index contributed by atoms with van der Waals surface area (Å²) in [4.78, 5) is 15.6. The summed E-state index contributed by atoms with van der Waals surface area (Å²) in [6, 6.07) is 8.38. The average Bonchev–Trinajstić information content (AvgIpc) is 3.16. The molecule has 6 heteroatoms. The van der Waals surface area contributed by atoms with Gasteiger partial charge in [0.1, 0.15) is 5.69 Å². The Kier molecular flexibility index (Phi) is 5.45. The summed E-state index contributed by atoms with van der Waals surface area (Å²) in [6.45, 7) is 5.85. The molecule has 24 heavy (non-hydrogen) atoms. The molecule has 1 saturated heterocycles. The van der Waals surface area contributed by atoms with Crippen LogP contribution in [0, 0.1) is 5.92 Å². The van der Waals surface area contributed by atoms with Crippen molar-refractivity contribution in [1.82, 2.24) is 15.5 Å². The summed E-state index contributed by atoms with van der Waals surface area (Å²) in [5.74, 6) is 1.22. The van der Waals surface area contributed by atoms with Crippen molar-refractivity contribution in [3.05, 3.63) is 29.6 Å². The lowest BCUT2D eigenvalue weighted by molar-refractivity contribution is -0.126. The summed E-state index contributed by atoms with van der Waals surface area (Å²) in [5.41, 5.74) is 0.913. The van der Waals surface area contributed by atoms with Crippen molar-refractivity contribution in [3.63, 3.8) is 0 Å². The van der Waals surface area contributed by atoms with Crippen molar-refractivity contribution in [1.29, 1.82) is 0 Å². The molecular weight excluding hydrogens is 320 g/mol. The van der Waals surface area contributed by atoms with E-state index in [-0.39, 0.29) is 17.9 Å². The predicted molar refractivity (Wildman–Crippen MR) is 98.2 cm³/mol. The SMILES string of the molecule is CCC(C)NC(=O)C1CCN(c2ccc(-c3cccs3)nn2)CC1. The van der Waals surface area contributed by atoms with E-state index in [0.29, 0.717) is 0 Å². The number of carbonyl (C=O) groups excluding carboxylic acids is 1. The van der Waals surface area contributed by atoms with E-state index in [9.17, 15) is 4.79 Å². The smallest absolute Gasteiger partial charge is 0.223 e. The maximum absolute atomic E-state index is 12.2. The molecule has 0 bridgehead atoms. The maximum Gasteiger partial charge on any atom is 0.223 e. The fourth-order valence-corrected chi connectivity index (χ4v) is 3.57. The van der Waals surface area contributed by atoms with Crippen LogP contribution in [0.1, 0.15) is 33.1 Å². The Morgan fingerprint density at radius 1 is 1.33 bits per heavy atom. The van der Waals surface area contributed by atoms with Gasteiger partial charge >= 0.3 is 0 Å². The first-order valence-electron chi connectivity index (χ1n) is 8.60. The number of anilines is 1. The highest BCUT2D eigenvalue weighted by Gasteiger charge is 2.26. The van der Waals surface area contributed by atoms with Gasteiger partial charge < -0.3 is 10.2 Å². The van der Waals surface area contributed by atoms with E-state index in [1.54, 1.807) is 11.3 Å². The molecule has 0 radical (unpaired) electrons. The molecule has 2 aromatic rings. The fraction of sp³-hybridized carbons (Fsp3) is 0.500. The molecule has 1 N–H and O–H groups in total. The third kappa shape index (κ3) is 3.93. The van der Waals surface area contributed by atoms with Gasteiger partial charge in [-0.2, -0.15) is 0 Å². The van der Waals surface area contributed by atoms with Crippen LogP contribution in [0.2, 0.25) is 0 Å². The van der Waals surface area contributed by atoms with Crippen LogP contribution in [0.4, 0.5) is 5.82 Å². The van der Waals surface area contributed by atoms with Gasteiger partial charge in [0, 0.05) is 25.0 Å². The molecule has 0 aromatic carbocycles. The predicted octanol–water partition coefficient (Wildman–Crippen LogP) is 3.34. The number of carbonyl (C=O) groups is 1. The van der Waals surface area contributed by atoms with Crippen LogP contribution in [-0.2, 0) is 4.79 Å². The van der Waals surface area contributed by atoms with Crippen molar-refractivity contribution in [2.75, 3.05) is 18.0 Å². The maximum atomic E-state index is 12.2. The minimum absolute atomic E-state index is 0.119. The number of nitrogens with one attached hydrogen (secondary N) is 1. The Balaban J connectivity index is 1.56. The molecular formula is C18H24N4OS. The summed E-state index contributed by atoms with van der Waals surface area (Å²) in [7, 11) is 0. The second-order valence-electron chi connectivity index (χ2n) is 6.33. The van der Waals surface area contributed by atoms with E-state index in [2.05, 4.69) is 40.3 Å². The molecule has 5 nitrogen and oxygen atoms in total. The lowest BCUT2D eigenvalue weighted by Crippen LogP contribution is -2.43. The molecule has 1 amide bonds. The zero-order valence-electron chi connectivity index (χ0n) is 14.2. The molecule has 0 spiro atoms. The van der Waals surface area contributed by atoms with Gasteiger partial charge in [-0.3, -0.25) is 4.79 Å². The number of nitrogens with zero attached hydrogens (tertiary/aromatic N) is 3. The Labute approximate surface area is 147 Å². The minimum Gasteiger partial charge on any atom is -0.355 e. The van der Waals surface area contributed by atoms with Crippen LogP contribution in [-0.4, -0.2) is 35.2 Å². The van der Waals surface area contributed by atoms with E-state index >= 15 is 0 Å². The number of aromatic nitrogens is 2. The molecule has 0 aliphatic carbocycles.